The lowest BCUT2D eigenvalue weighted by Gasteiger charge is -2.05. The Morgan fingerprint density at radius 1 is 1.29 bits per heavy atom. The smallest absolute Gasteiger partial charge is 0.198 e. The molecule has 0 radical (unpaired) electrons. The number of pyridine rings is 1. The maximum atomic E-state index is 13.1. The number of rotatable bonds is 2. The number of hydrogen-bond acceptors (Lipinski definition) is 3. The molecule has 0 fully saturated rings. The van der Waals surface area contributed by atoms with Crippen LogP contribution in [0.15, 0.2) is 36.5 Å². The molecule has 0 bridgehead atoms. The molecule has 0 saturated carbocycles. The van der Waals surface area contributed by atoms with Crippen molar-refractivity contribution in [3.05, 3.63) is 47.9 Å². The van der Waals surface area contributed by atoms with E-state index in [4.69, 9.17) is 5.26 Å². The molecule has 0 unspecified atom stereocenters. The quantitative estimate of drug-likeness (QED) is 0.799. The summed E-state index contributed by atoms with van der Waals surface area (Å²) in [5, 5.41) is 8.90. The molecule has 17 heavy (non-hydrogen) atoms. The fourth-order valence-corrected chi connectivity index (χ4v) is 1.46. The standard InChI is InChI=1S/C12H6F2N2O/c13-9-4-3-8(7-15)10(6-9)12-11(17-14)2-1-5-16-12/h1-6H. The average molecular weight is 232 g/mol. The summed E-state index contributed by atoms with van der Waals surface area (Å²) in [5.74, 6) is -0.691. The minimum absolute atomic E-state index is 0.0889. The molecule has 0 amide bonds. The fourth-order valence-electron chi connectivity index (χ4n) is 1.46. The van der Waals surface area contributed by atoms with Gasteiger partial charge < -0.3 is 0 Å². The third-order valence-corrected chi connectivity index (χ3v) is 2.21. The van der Waals surface area contributed by atoms with E-state index < -0.39 is 5.82 Å². The van der Waals surface area contributed by atoms with Crippen molar-refractivity contribution in [2.24, 2.45) is 0 Å². The van der Waals surface area contributed by atoms with Crippen molar-refractivity contribution in [3.63, 3.8) is 0 Å². The highest BCUT2D eigenvalue weighted by molar-refractivity contribution is 5.72. The minimum atomic E-state index is -0.533. The van der Waals surface area contributed by atoms with Gasteiger partial charge in [0.25, 0.3) is 0 Å². The van der Waals surface area contributed by atoms with E-state index in [0.717, 1.165) is 12.1 Å². The van der Waals surface area contributed by atoms with Crippen LogP contribution in [0.4, 0.5) is 8.92 Å². The summed E-state index contributed by atoms with van der Waals surface area (Å²) in [6.07, 6.45) is 1.41. The third kappa shape index (κ3) is 2.06. The summed E-state index contributed by atoms with van der Waals surface area (Å²) in [7, 11) is 0. The maximum absolute atomic E-state index is 13.1. The Morgan fingerprint density at radius 3 is 2.82 bits per heavy atom. The summed E-state index contributed by atoms with van der Waals surface area (Å²) >= 11 is 0. The Kier molecular flexibility index (Phi) is 2.97. The first-order valence-electron chi connectivity index (χ1n) is 4.70. The zero-order valence-electron chi connectivity index (χ0n) is 8.52. The predicted octanol–water partition coefficient (Wildman–Crippen LogP) is 3.02. The van der Waals surface area contributed by atoms with Gasteiger partial charge in [-0.25, -0.2) is 4.39 Å². The van der Waals surface area contributed by atoms with E-state index in [-0.39, 0.29) is 22.6 Å². The molecule has 1 aromatic carbocycles. The van der Waals surface area contributed by atoms with E-state index in [9.17, 15) is 8.92 Å². The van der Waals surface area contributed by atoms with Crippen LogP contribution >= 0.6 is 0 Å². The van der Waals surface area contributed by atoms with Gasteiger partial charge in [0.2, 0.25) is 0 Å². The molecular weight excluding hydrogens is 226 g/mol. The Hall–Kier alpha value is -2.48. The summed E-state index contributed by atoms with van der Waals surface area (Å²) in [5.41, 5.74) is 0.482. The molecule has 0 atom stereocenters. The lowest BCUT2D eigenvalue weighted by atomic mass is 10.0. The van der Waals surface area contributed by atoms with E-state index in [1.165, 1.54) is 24.4 Å². The van der Waals surface area contributed by atoms with E-state index >= 15 is 0 Å². The van der Waals surface area contributed by atoms with Crippen LogP contribution in [0.2, 0.25) is 0 Å². The number of nitrogens with zero attached hydrogens (tertiary/aromatic N) is 2. The summed E-state index contributed by atoms with van der Waals surface area (Å²) in [6.45, 7) is 0. The fraction of sp³-hybridized carbons (Fsp3) is 0. The van der Waals surface area contributed by atoms with Crippen LogP contribution in [0.5, 0.6) is 5.75 Å². The van der Waals surface area contributed by atoms with Crippen molar-refractivity contribution >= 4 is 0 Å². The van der Waals surface area contributed by atoms with Gasteiger partial charge in [-0.2, -0.15) is 5.26 Å². The zero-order chi connectivity index (χ0) is 12.3. The molecule has 5 heteroatoms. The highest BCUT2D eigenvalue weighted by Gasteiger charge is 2.13. The van der Waals surface area contributed by atoms with E-state index in [1.807, 2.05) is 6.07 Å². The van der Waals surface area contributed by atoms with Crippen molar-refractivity contribution in [1.82, 2.24) is 4.98 Å². The molecule has 0 N–H and O–H groups in total. The van der Waals surface area contributed by atoms with Crippen LogP contribution in [0.1, 0.15) is 5.56 Å². The number of aromatic nitrogens is 1. The third-order valence-electron chi connectivity index (χ3n) is 2.21. The van der Waals surface area contributed by atoms with E-state index in [0.29, 0.717) is 0 Å². The van der Waals surface area contributed by atoms with Crippen LogP contribution in [0.3, 0.4) is 0 Å². The SMILES string of the molecule is N#Cc1ccc(F)cc1-c1ncccc1OF. The summed E-state index contributed by atoms with van der Waals surface area (Å²) < 4.78 is 25.4. The van der Waals surface area contributed by atoms with Gasteiger partial charge in [0.05, 0.1) is 11.6 Å². The van der Waals surface area contributed by atoms with Crippen LogP contribution < -0.4 is 4.94 Å². The van der Waals surface area contributed by atoms with Crippen LogP contribution in [-0.4, -0.2) is 4.98 Å². The first kappa shape index (κ1) is 11.0. The summed E-state index contributed by atoms with van der Waals surface area (Å²) in [6, 6.07) is 8.28. The average Bonchev–Trinajstić information content (AvgIpc) is 2.38. The molecule has 1 aromatic heterocycles. The van der Waals surface area contributed by atoms with Gasteiger partial charge in [0.1, 0.15) is 11.5 Å². The number of halogens is 2. The normalized spacial score (nSPS) is 9.71. The Balaban J connectivity index is 2.68. The highest BCUT2D eigenvalue weighted by Crippen LogP contribution is 2.30. The molecule has 0 aliphatic rings. The van der Waals surface area contributed by atoms with Gasteiger partial charge in [0.15, 0.2) is 5.75 Å². The molecule has 0 saturated heterocycles. The minimum Gasteiger partial charge on any atom is -0.292 e. The molecule has 0 aliphatic heterocycles. The number of benzene rings is 1. The Morgan fingerprint density at radius 2 is 2.12 bits per heavy atom. The molecule has 0 aliphatic carbocycles. The molecule has 84 valence electrons. The Labute approximate surface area is 95.8 Å². The number of nitriles is 1. The second-order valence-electron chi connectivity index (χ2n) is 3.23. The molecule has 3 nitrogen and oxygen atoms in total. The predicted molar refractivity (Wildman–Crippen MR) is 56.1 cm³/mol. The van der Waals surface area contributed by atoms with Crippen molar-refractivity contribution in [2.45, 2.75) is 0 Å². The largest absolute Gasteiger partial charge is 0.292 e. The maximum Gasteiger partial charge on any atom is 0.198 e. The van der Waals surface area contributed by atoms with Gasteiger partial charge >= 0.3 is 0 Å². The van der Waals surface area contributed by atoms with Crippen LogP contribution in [-0.2, 0) is 0 Å². The molecule has 0 spiro atoms. The van der Waals surface area contributed by atoms with Gasteiger partial charge in [-0.15, -0.1) is 0 Å². The van der Waals surface area contributed by atoms with Gasteiger partial charge in [0, 0.05) is 16.3 Å². The number of hydrogen-bond donors (Lipinski definition) is 0. The lowest BCUT2D eigenvalue weighted by molar-refractivity contribution is -0.00582. The topological polar surface area (TPSA) is 45.9 Å². The first-order chi connectivity index (χ1) is 8.26. The van der Waals surface area contributed by atoms with Crippen molar-refractivity contribution in [2.75, 3.05) is 0 Å². The zero-order valence-corrected chi connectivity index (χ0v) is 8.52. The van der Waals surface area contributed by atoms with Crippen LogP contribution in [0.25, 0.3) is 11.3 Å². The highest BCUT2D eigenvalue weighted by atomic mass is 19.3. The monoisotopic (exact) mass is 232 g/mol. The van der Waals surface area contributed by atoms with Crippen LogP contribution in [0, 0.1) is 17.1 Å². The van der Waals surface area contributed by atoms with Crippen molar-refractivity contribution < 1.29 is 13.9 Å². The van der Waals surface area contributed by atoms with Gasteiger partial charge in [-0.05, 0) is 30.3 Å². The van der Waals surface area contributed by atoms with Crippen molar-refractivity contribution in [1.29, 1.82) is 5.26 Å². The molecule has 2 rings (SSSR count). The second-order valence-corrected chi connectivity index (χ2v) is 3.23. The Bertz CT molecular complexity index is 593. The van der Waals surface area contributed by atoms with E-state index in [1.54, 1.807) is 0 Å². The second kappa shape index (κ2) is 4.58. The first-order valence-corrected chi connectivity index (χ1v) is 4.70. The summed E-state index contributed by atoms with van der Waals surface area (Å²) in [4.78, 5) is 7.53. The lowest BCUT2D eigenvalue weighted by Crippen LogP contribution is -1.92. The van der Waals surface area contributed by atoms with Gasteiger partial charge in [-0.1, -0.05) is 0 Å². The van der Waals surface area contributed by atoms with E-state index in [2.05, 4.69) is 9.93 Å². The van der Waals surface area contributed by atoms with Gasteiger partial charge in [-0.3, -0.25) is 9.93 Å². The molecular formula is C12H6F2N2O. The molecule has 2 aromatic rings. The molecule has 1 heterocycles. The van der Waals surface area contributed by atoms with Crippen molar-refractivity contribution in [3.8, 4) is 23.1 Å².